The molecule has 0 aliphatic heterocycles. The summed E-state index contributed by atoms with van der Waals surface area (Å²) in [6, 6.07) is 9.25. The van der Waals surface area contributed by atoms with Crippen LogP contribution in [0.5, 0.6) is 0 Å². The highest BCUT2D eigenvalue weighted by atomic mass is 32.2. The van der Waals surface area contributed by atoms with Crippen LogP contribution in [0.25, 0.3) is 0 Å². The zero-order chi connectivity index (χ0) is 17.7. The van der Waals surface area contributed by atoms with Crippen molar-refractivity contribution in [2.45, 2.75) is 11.8 Å². The Morgan fingerprint density at radius 3 is 2.50 bits per heavy atom. The van der Waals surface area contributed by atoms with Gasteiger partial charge in [-0.25, -0.2) is 0 Å². The lowest BCUT2D eigenvalue weighted by atomic mass is 10.1. The summed E-state index contributed by atoms with van der Waals surface area (Å²) in [4.78, 5) is 21.5. The van der Waals surface area contributed by atoms with Gasteiger partial charge in [0.2, 0.25) is 0 Å². The van der Waals surface area contributed by atoms with Crippen LogP contribution in [0.1, 0.15) is 11.1 Å². The summed E-state index contributed by atoms with van der Waals surface area (Å²) in [5, 5.41) is 25.8. The molecule has 0 aliphatic carbocycles. The molecular weight excluding hydrogens is 332 g/mol. The van der Waals surface area contributed by atoms with Gasteiger partial charge < -0.3 is 0 Å². The number of nitro groups is 2. The molecule has 9 heteroatoms. The van der Waals surface area contributed by atoms with Gasteiger partial charge in [-0.1, -0.05) is 6.07 Å². The quantitative estimate of drug-likeness (QED) is 0.366. The maximum atomic E-state index is 11.1. The second kappa shape index (κ2) is 7.55. The van der Waals surface area contributed by atoms with Crippen molar-refractivity contribution in [3.8, 4) is 0 Å². The Bertz CT molecular complexity index is 823. The fourth-order valence-corrected chi connectivity index (χ4v) is 2.38. The zero-order valence-electron chi connectivity index (χ0n) is 12.9. The van der Waals surface area contributed by atoms with Crippen molar-refractivity contribution in [1.82, 2.24) is 0 Å². The first-order valence-corrected chi connectivity index (χ1v) is 8.01. The van der Waals surface area contributed by atoms with Crippen LogP contribution in [0.2, 0.25) is 0 Å². The second-order valence-corrected chi connectivity index (χ2v) is 5.69. The van der Waals surface area contributed by atoms with E-state index in [-0.39, 0.29) is 11.4 Å². The molecule has 0 aromatic heterocycles. The number of benzene rings is 2. The largest absolute Gasteiger partial charge is 0.301 e. The molecule has 24 heavy (non-hydrogen) atoms. The molecule has 0 saturated carbocycles. The van der Waals surface area contributed by atoms with E-state index >= 15 is 0 Å². The summed E-state index contributed by atoms with van der Waals surface area (Å²) in [5.74, 6) is 0. The molecule has 124 valence electrons. The highest BCUT2D eigenvalue weighted by Crippen LogP contribution is 2.28. The van der Waals surface area contributed by atoms with Crippen molar-refractivity contribution in [2.24, 2.45) is 5.10 Å². The predicted molar refractivity (Wildman–Crippen MR) is 93.9 cm³/mol. The number of hydrogen-bond acceptors (Lipinski definition) is 7. The minimum absolute atomic E-state index is 0.0838. The average molecular weight is 346 g/mol. The van der Waals surface area contributed by atoms with Gasteiger partial charge in [0, 0.05) is 11.0 Å². The van der Waals surface area contributed by atoms with Gasteiger partial charge in [0.15, 0.2) is 0 Å². The Hall–Kier alpha value is -2.94. The number of non-ortho nitro benzene ring substituents is 1. The number of aryl methyl sites for hydroxylation is 1. The van der Waals surface area contributed by atoms with E-state index < -0.39 is 15.5 Å². The number of anilines is 1. The molecule has 0 spiro atoms. The maximum absolute atomic E-state index is 11.1. The molecule has 0 fully saturated rings. The number of nitrogens with one attached hydrogen (secondary N) is 1. The monoisotopic (exact) mass is 346 g/mol. The van der Waals surface area contributed by atoms with E-state index in [1.807, 2.05) is 31.4 Å². The van der Waals surface area contributed by atoms with E-state index in [1.165, 1.54) is 12.1 Å². The smallest absolute Gasteiger partial charge is 0.272 e. The molecule has 0 aliphatic rings. The standard InChI is InChI=1S/C15H14N4O4S/c1-10-3-5-13(24-2)7-11(10)9-16-17-14-6-4-12(18(20)21)8-15(14)19(22)23/h3-9,17H,1-2H3/b16-9-. The highest BCUT2D eigenvalue weighted by molar-refractivity contribution is 7.98. The molecule has 0 amide bonds. The van der Waals surface area contributed by atoms with Gasteiger partial charge in [0.05, 0.1) is 22.1 Å². The molecule has 0 atom stereocenters. The molecule has 0 bridgehead atoms. The van der Waals surface area contributed by atoms with Gasteiger partial charge in [-0.05, 0) is 42.5 Å². The molecule has 0 unspecified atom stereocenters. The van der Waals surface area contributed by atoms with Crippen LogP contribution in [0.15, 0.2) is 46.4 Å². The Kier molecular flexibility index (Phi) is 5.48. The van der Waals surface area contributed by atoms with Gasteiger partial charge >= 0.3 is 5.69 Å². The number of nitro benzene ring substituents is 2. The summed E-state index contributed by atoms with van der Waals surface area (Å²) in [7, 11) is 0. The van der Waals surface area contributed by atoms with Crippen LogP contribution in [0.4, 0.5) is 17.1 Å². The summed E-state index contributed by atoms with van der Waals surface area (Å²) in [5.41, 5.74) is 3.79. The minimum Gasteiger partial charge on any atom is -0.272 e. The molecule has 0 radical (unpaired) electrons. The van der Waals surface area contributed by atoms with E-state index in [0.29, 0.717) is 0 Å². The van der Waals surface area contributed by atoms with E-state index in [4.69, 9.17) is 0 Å². The van der Waals surface area contributed by atoms with Crippen LogP contribution in [-0.2, 0) is 0 Å². The number of rotatable bonds is 6. The average Bonchev–Trinajstić information content (AvgIpc) is 2.56. The van der Waals surface area contributed by atoms with E-state index in [9.17, 15) is 20.2 Å². The van der Waals surface area contributed by atoms with Crippen molar-refractivity contribution in [1.29, 1.82) is 0 Å². The number of nitrogens with zero attached hydrogens (tertiary/aromatic N) is 3. The van der Waals surface area contributed by atoms with Crippen LogP contribution in [0, 0.1) is 27.2 Å². The molecular formula is C15H14N4O4S. The number of hydrazone groups is 1. The maximum Gasteiger partial charge on any atom is 0.301 e. The number of hydrogen-bond donors (Lipinski definition) is 1. The Morgan fingerprint density at radius 2 is 1.88 bits per heavy atom. The third kappa shape index (κ3) is 4.07. The topological polar surface area (TPSA) is 111 Å². The van der Waals surface area contributed by atoms with Gasteiger partial charge in [0.1, 0.15) is 5.69 Å². The van der Waals surface area contributed by atoms with Gasteiger partial charge in [-0.2, -0.15) is 5.10 Å². The van der Waals surface area contributed by atoms with Crippen LogP contribution >= 0.6 is 11.8 Å². The molecule has 0 heterocycles. The highest BCUT2D eigenvalue weighted by Gasteiger charge is 2.19. The van der Waals surface area contributed by atoms with E-state index in [2.05, 4.69) is 10.5 Å². The van der Waals surface area contributed by atoms with Crippen molar-refractivity contribution in [2.75, 3.05) is 11.7 Å². The van der Waals surface area contributed by atoms with Crippen molar-refractivity contribution in [3.05, 3.63) is 67.8 Å². The first kappa shape index (κ1) is 17.4. The minimum atomic E-state index is -0.690. The predicted octanol–water partition coefficient (Wildman–Crippen LogP) is 3.98. The summed E-state index contributed by atoms with van der Waals surface area (Å²) >= 11 is 1.60. The van der Waals surface area contributed by atoms with Crippen LogP contribution in [-0.4, -0.2) is 22.3 Å². The van der Waals surface area contributed by atoms with Gasteiger partial charge in [0.25, 0.3) is 5.69 Å². The zero-order valence-corrected chi connectivity index (χ0v) is 13.7. The lowest BCUT2D eigenvalue weighted by molar-refractivity contribution is -0.393. The lowest BCUT2D eigenvalue weighted by Gasteiger charge is -2.04. The summed E-state index contributed by atoms with van der Waals surface area (Å²) in [6.45, 7) is 1.93. The summed E-state index contributed by atoms with van der Waals surface area (Å²) < 4.78 is 0. The number of thioether (sulfide) groups is 1. The van der Waals surface area contributed by atoms with Gasteiger partial charge in [-0.15, -0.1) is 11.8 Å². The Labute approximate surface area is 141 Å². The van der Waals surface area contributed by atoms with Crippen LogP contribution in [0.3, 0.4) is 0 Å². The SMILES string of the molecule is CSc1ccc(C)c(/C=N\Nc2ccc([N+](=O)[O-])cc2[N+](=O)[O-])c1. The molecule has 2 aromatic carbocycles. The van der Waals surface area contributed by atoms with Crippen molar-refractivity contribution in [3.63, 3.8) is 0 Å². The lowest BCUT2D eigenvalue weighted by Crippen LogP contribution is -1.99. The first-order valence-electron chi connectivity index (χ1n) is 6.79. The summed E-state index contributed by atoms with van der Waals surface area (Å²) in [6.07, 6.45) is 3.52. The second-order valence-electron chi connectivity index (χ2n) is 4.81. The molecule has 2 rings (SSSR count). The van der Waals surface area contributed by atoms with Crippen LogP contribution < -0.4 is 5.43 Å². The normalized spacial score (nSPS) is 10.8. The molecule has 1 N–H and O–H groups in total. The van der Waals surface area contributed by atoms with Crippen molar-refractivity contribution < 1.29 is 9.85 Å². The third-order valence-corrected chi connectivity index (χ3v) is 3.99. The Morgan fingerprint density at radius 1 is 1.12 bits per heavy atom. The third-order valence-electron chi connectivity index (χ3n) is 3.26. The fraction of sp³-hybridized carbons (Fsp3) is 0.133. The van der Waals surface area contributed by atoms with E-state index in [1.54, 1.807) is 18.0 Å². The molecule has 2 aromatic rings. The van der Waals surface area contributed by atoms with Crippen molar-refractivity contribution >= 4 is 35.0 Å². The fourth-order valence-electron chi connectivity index (χ4n) is 1.94. The Balaban J connectivity index is 2.25. The molecule has 8 nitrogen and oxygen atoms in total. The first-order chi connectivity index (χ1) is 11.4. The van der Waals surface area contributed by atoms with Gasteiger partial charge in [-0.3, -0.25) is 25.7 Å². The van der Waals surface area contributed by atoms with E-state index in [0.717, 1.165) is 22.1 Å². The molecule has 0 saturated heterocycles.